The van der Waals surface area contributed by atoms with Crippen LogP contribution in [0.2, 0.25) is 5.02 Å². The van der Waals surface area contributed by atoms with Crippen molar-refractivity contribution in [2.24, 2.45) is 0 Å². The van der Waals surface area contributed by atoms with Gasteiger partial charge in [-0.15, -0.1) is 0 Å². The number of hydrogen-bond donors (Lipinski definition) is 1. The zero-order chi connectivity index (χ0) is 18.5. The van der Waals surface area contributed by atoms with Gasteiger partial charge in [0.25, 0.3) is 0 Å². The van der Waals surface area contributed by atoms with E-state index in [9.17, 15) is 5.11 Å². The Labute approximate surface area is 167 Å². The average Bonchev–Trinajstić information content (AvgIpc) is 2.61. The molecule has 26 heavy (non-hydrogen) atoms. The summed E-state index contributed by atoms with van der Waals surface area (Å²) in [5.74, 6) is 0.752. The first-order chi connectivity index (χ1) is 12.5. The Hall–Kier alpha value is -1.11. The summed E-state index contributed by atoms with van der Waals surface area (Å²) in [6.45, 7) is 4.97. The Balaban J connectivity index is 1.51. The molecule has 0 spiro atoms. The fourth-order valence-corrected chi connectivity index (χ4v) is 3.73. The predicted molar refractivity (Wildman–Crippen MR) is 107 cm³/mol. The minimum Gasteiger partial charge on any atom is -0.491 e. The average molecular weight is 441 g/mol. The SMILES string of the molecule is Cc1cc(Cl)ccc1OCC(O)CN1CCOC(c2cccc(Br)c2)C1. The third kappa shape index (κ3) is 5.44. The number of aliphatic hydroxyl groups is 1. The van der Waals surface area contributed by atoms with Gasteiger partial charge in [0.1, 0.15) is 18.5 Å². The van der Waals surface area contributed by atoms with Crippen LogP contribution in [0.5, 0.6) is 5.75 Å². The Morgan fingerprint density at radius 1 is 1.35 bits per heavy atom. The number of nitrogens with zero attached hydrogens (tertiary/aromatic N) is 1. The van der Waals surface area contributed by atoms with Crippen LogP contribution >= 0.6 is 27.5 Å². The van der Waals surface area contributed by atoms with Gasteiger partial charge >= 0.3 is 0 Å². The molecule has 1 aliphatic heterocycles. The van der Waals surface area contributed by atoms with Crippen LogP contribution in [0.25, 0.3) is 0 Å². The monoisotopic (exact) mass is 439 g/mol. The molecule has 3 rings (SSSR count). The molecule has 0 radical (unpaired) electrons. The highest BCUT2D eigenvalue weighted by molar-refractivity contribution is 9.10. The predicted octanol–water partition coefficient (Wildman–Crippen LogP) is 4.22. The summed E-state index contributed by atoms with van der Waals surface area (Å²) in [6, 6.07) is 13.7. The number of β-amino-alcohol motifs (C(OH)–C–C–N with tert-alkyl or cyclic N) is 1. The highest BCUT2D eigenvalue weighted by Gasteiger charge is 2.24. The largest absolute Gasteiger partial charge is 0.491 e. The first-order valence-electron chi connectivity index (χ1n) is 8.67. The normalized spacial score (nSPS) is 19.3. The second-order valence-corrected chi connectivity index (χ2v) is 7.90. The summed E-state index contributed by atoms with van der Waals surface area (Å²) in [7, 11) is 0. The maximum atomic E-state index is 10.4. The molecule has 4 nitrogen and oxygen atoms in total. The standard InChI is InChI=1S/C20H23BrClNO3/c1-14-9-17(22)5-6-19(14)26-13-18(24)11-23-7-8-25-20(12-23)15-3-2-4-16(21)10-15/h2-6,9-10,18,20,24H,7-8,11-13H2,1H3. The van der Waals surface area contributed by atoms with Crippen molar-refractivity contribution in [3.8, 4) is 5.75 Å². The molecule has 140 valence electrons. The molecule has 1 fully saturated rings. The van der Waals surface area contributed by atoms with Gasteiger partial charge in [-0.1, -0.05) is 39.7 Å². The van der Waals surface area contributed by atoms with Crippen LogP contribution in [0.3, 0.4) is 0 Å². The van der Waals surface area contributed by atoms with Crippen LogP contribution in [0, 0.1) is 6.92 Å². The van der Waals surface area contributed by atoms with Crippen molar-refractivity contribution >= 4 is 27.5 Å². The van der Waals surface area contributed by atoms with Crippen LogP contribution < -0.4 is 4.74 Å². The van der Waals surface area contributed by atoms with Crippen LogP contribution in [-0.4, -0.2) is 49.0 Å². The molecule has 0 amide bonds. The molecule has 0 bridgehead atoms. The number of benzene rings is 2. The number of ether oxygens (including phenoxy) is 2. The van der Waals surface area contributed by atoms with Gasteiger partial charge in [0.2, 0.25) is 0 Å². The van der Waals surface area contributed by atoms with Gasteiger partial charge in [-0.2, -0.15) is 0 Å². The van der Waals surface area contributed by atoms with E-state index in [2.05, 4.69) is 33.0 Å². The summed E-state index contributed by atoms with van der Waals surface area (Å²) < 4.78 is 12.7. The van der Waals surface area contributed by atoms with Gasteiger partial charge in [-0.3, -0.25) is 4.90 Å². The van der Waals surface area contributed by atoms with Gasteiger partial charge < -0.3 is 14.6 Å². The van der Waals surface area contributed by atoms with Crippen LogP contribution in [0.4, 0.5) is 0 Å². The zero-order valence-electron chi connectivity index (χ0n) is 14.7. The second kappa shape index (κ2) is 9.20. The number of aliphatic hydroxyl groups excluding tert-OH is 1. The summed E-state index contributed by atoms with van der Waals surface area (Å²) in [6.07, 6.45) is -0.542. The number of halogens is 2. The molecular weight excluding hydrogens is 418 g/mol. The van der Waals surface area contributed by atoms with Crippen molar-refractivity contribution in [1.29, 1.82) is 0 Å². The smallest absolute Gasteiger partial charge is 0.122 e. The molecular formula is C20H23BrClNO3. The van der Waals surface area contributed by atoms with Crippen molar-refractivity contribution in [3.05, 3.63) is 63.1 Å². The van der Waals surface area contributed by atoms with Gasteiger partial charge in [-0.05, 0) is 48.4 Å². The Morgan fingerprint density at radius 2 is 2.19 bits per heavy atom. The summed E-state index contributed by atoms with van der Waals surface area (Å²) in [5, 5.41) is 11.1. The zero-order valence-corrected chi connectivity index (χ0v) is 17.0. The fourth-order valence-electron chi connectivity index (χ4n) is 3.09. The molecule has 2 unspecified atom stereocenters. The molecule has 1 N–H and O–H groups in total. The van der Waals surface area contributed by atoms with Gasteiger partial charge in [-0.25, -0.2) is 0 Å². The number of aryl methyl sites for hydroxylation is 1. The highest BCUT2D eigenvalue weighted by atomic mass is 79.9. The highest BCUT2D eigenvalue weighted by Crippen LogP contribution is 2.25. The van der Waals surface area contributed by atoms with E-state index in [1.54, 1.807) is 6.07 Å². The van der Waals surface area contributed by atoms with E-state index in [0.29, 0.717) is 18.2 Å². The molecule has 2 atom stereocenters. The molecule has 0 saturated carbocycles. The van der Waals surface area contributed by atoms with Crippen molar-refractivity contribution in [2.45, 2.75) is 19.1 Å². The topological polar surface area (TPSA) is 41.9 Å². The molecule has 2 aromatic rings. The number of morpholine rings is 1. The van der Waals surface area contributed by atoms with Crippen molar-refractivity contribution in [1.82, 2.24) is 4.90 Å². The van der Waals surface area contributed by atoms with Crippen LogP contribution in [0.15, 0.2) is 46.9 Å². The third-order valence-electron chi connectivity index (χ3n) is 4.41. The quantitative estimate of drug-likeness (QED) is 0.730. The number of rotatable bonds is 6. The molecule has 2 aromatic carbocycles. The summed E-state index contributed by atoms with van der Waals surface area (Å²) in [5.41, 5.74) is 2.11. The molecule has 1 heterocycles. The number of hydrogen-bond acceptors (Lipinski definition) is 4. The minimum absolute atomic E-state index is 0.0212. The lowest BCUT2D eigenvalue weighted by Gasteiger charge is -2.34. The van der Waals surface area contributed by atoms with E-state index in [0.717, 1.165) is 34.4 Å². The summed E-state index contributed by atoms with van der Waals surface area (Å²) in [4.78, 5) is 2.22. The fraction of sp³-hybridized carbons (Fsp3) is 0.400. The van der Waals surface area contributed by atoms with Gasteiger partial charge in [0.15, 0.2) is 0 Å². The van der Waals surface area contributed by atoms with Crippen molar-refractivity contribution < 1.29 is 14.6 Å². The minimum atomic E-state index is -0.564. The van der Waals surface area contributed by atoms with Crippen molar-refractivity contribution in [3.63, 3.8) is 0 Å². The molecule has 1 saturated heterocycles. The first kappa shape index (κ1) is 19.6. The van der Waals surface area contributed by atoms with Gasteiger partial charge in [0.05, 0.1) is 12.7 Å². The molecule has 0 aromatic heterocycles. The first-order valence-corrected chi connectivity index (χ1v) is 9.85. The van der Waals surface area contributed by atoms with E-state index in [4.69, 9.17) is 21.1 Å². The van der Waals surface area contributed by atoms with Crippen LogP contribution in [-0.2, 0) is 4.74 Å². The molecule has 6 heteroatoms. The lowest BCUT2D eigenvalue weighted by atomic mass is 10.1. The van der Waals surface area contributed by atoms with E-state index >= 15 is 0 Å². The van der Waals surface area contributed by atoms with E-state index in [1.165, 1.54) is 0 Å². The maximum Gasteiger partial charge on any atom is 0.122 e. The van der Waals surface area contributed by atoms with E-state index in [1.807, 2.05) is 31.2 Å². The molecule has 0 aliphatic carbocycles. The van der Waals surface area contributed by atoms with Crippen LogP contribution in [0.1, 0.15) is 17.2 Å². The Kier molecular flexibility index (Phi) is 6.95. The Bertz CT molecular complexity index is 743. The lowest BCUT2D eigenvalue weighted by Crippen LogP contribution is -2.43. The summed E-state index contributed by atoms with van der Waals surface area (Å²) >= 11 is 9.46. The van der Waals surface area contributed by atoms with E-state index in [-0.39, 0.29) is 12.7 Å². The molecule has 1 aliphatic rings. The van der Waals surface area contributed by atoms with Crippen molar-refractivity contribution in [2.75, 3.05) is 32.8 Å². The third-order valence-corrected chi connectivity index (χ3v) is 5.14. The second-order valence-electron chi connectivity index (χ2n) is 6.55. The maximum absolute atomic E-state index is 10.4. The Morgan fingerprint density at radius 3 is 2.96 bits per heavy atom. The lowest BCUT2D eigenvalue weighted by molar-refractivity contribution is -0.0459. The van der Waals surface area contributed by atoms with E-state index < -0.39 is 6.10 Å². The van der Waals surface area contributed by atoms with Gasteiger partial charge in [0, 0.05) is 29.1 Å².